The molecule has 9 nitrogen and oxygen atoms in total. The third kappa shape index (κ3) is 4.59. The predicted molar refractivity (Wildman–Crippen MR) is 140 cm³/mol. The Morgan fingerprint density at radius 1 is 1.03 bits per heavy atom. The van der Waals surface area contributed by atoms with Crippen molar-refractivity contribution in [1.82, 2.24) is 15.0 Å². The number of carbonyl (C=O) groups excluding carboxylic acids is 1. The highest BCUT2D eigenvalue weighted by Crippen LogP contribution is 2.34. The molecule has 36 heavy (non-hydrogen) atoms. The number of nitrogen functional groups attached to an aromatic ring is 1. The zero-order chi connectivity index (χ0) is 25.2. The van der Waals surface area contributed by atoms with E-state index in [9.17, 15) is 4.79 Å². The molecule has 1 unspecified atom stereocenters. The van der Waals surface area contributed by atoms with Gasteiger partial charge in [0.25, 0.3) is 0 Å². The van der Waals surface area contributed by atoms with Crippen LogP contribution in [0, 0.1) is 12.8 Å². The van der Waals surface area contributed by atoms with Gasteiger partial charge in [-0.05, 0) is 61.4 Å². The number of amides is 1. The molecular weight excluding hydrogens is 456 g/mol. The monoisotopic (exact) mass is 484 g/mol. The van der Waals surface area contributed by atoms with Crippen molar-refractivity contribution in [2.75, 3.05) is 43.3 Å². The van der Waals surface area contributed by atoms with Crippen molar-refractivity contribution in [3.63, 3.8) is 0 Å². The van der Waals surface area contributed by atoms with Crippen LogP contribution >= 0.6 is 0 Å². The Bertz CT molecular complexity index is 1440. The van der Waals surface area contributed by atoms with E-state index in [-0.39, 0.29) is 17.8 Å². The van der Waals surface area contributed by atoms with Gasteiger partial charge in [-0.1, -0.05) is 12.1 Å². The summed E-state index contributed by atoms with van der Waals surface area (Å²) in [6.45, 7) is 3.19. The molecule has 0 aliphatic carbocycles. The number of benzene rings is 2. The molecule has 9 heteroatoms. The van der Waals surface area contributed by atoms with Crippen molar-refractivity contribution < 1.29 is 14.3 Å². The van der Waals surface area contributed by atoms with Crippen LogP contribution in [0.25, 0.3) is 22.3 Å². The maximum absolute atomic E-state index is 13.0. The molecule has 4 aromatic rings. The van der Waals surface area contributed by atoms with Gasteiger partial charge in [0.2, 0.25) is 11.9 Å². The largest absolute Gasteiger partial charge is 0.493 e. The molecule has 184 valence electrons. The quantitative estimate of drug-likeness (QED) is 0.421. The first-order valence-electron chi connectivity index (χ1n) is 11.7. The summed E-state index contributed by atoms with van der Waals surface area (Å²) in [7, 11) is 3.20. The molecule has 1 atom stereocenters. The molecule has 1 aliphatic rings. The molecule has 0 spiro atoms. The van der Waals surface area contributed by atoms with E-state index in [1.54, 1.807) is 14.2 Å². The second kappa shape index (κ2) is 9.69. The number of aryl methyl sites for hydroxylation is 1. The van der Waals surface area contributed by atoms with Gasteiger partial charge in [0, 0.05) is 24.3 Å². The number of carbonyl (C=O) groups is 1. The van der Waals surface area contributed by atoms with Crippen LogP contribution in [0.2, 0.25) is 0 Å². The standard InChI is InChI=1S/C27H28N6O3/c1-16-5-4-6-19(13-16)29-26(34)18-11-12-33(15-18)25-24-21(31-27(28)32-25)9-8-20(30-24)17-7-10-22(35-2)23(14-17)36-3/h4-10,13-14,18H,11-12,15H2,1-3H3,(H,29,34)(H2,28,31,32). The van der Waals surface area contributed by atoms with Crippen LogP contribution in [-0.2, 0) is 4.79 Å². The van der Waals surface area contributed by atoms with Gasteiger partial charge < -0.3 is 25.4 Å². The lowest BCUT2D eigenvalue weighted by molar-refractivity contribution is -0.119. The van der Waals surface area contributed by atoms with Crippen LogP contribution in [0.15, 0.2) is 54.6 Å². The number of fused-ring (bicyclic) bond motifs is 1. The lowest BCUT2D eigenvalue weighted by Gasteiger charge is -2.19. The van der Waals surface area contributed by atoms with E-state index in [4.69, 9.17) is 20.2 Å². The average Bonchev–Trinajstić information content (AvgIpc) is 3.38. The number of nitrogens with zero attached hydrogens (tertiary/aromatic N) is 4. The number of nitrogens with one attached hydrogen (secondary N) is 1. The Balaban J connectivity index is 1.43. The number of nitrogens with two attached hydrogens (primary N) is 1. The molecule has 3 heterocycles. The van der Waals surface area contributed by atoms with E-state index in [1.807, 2.05) is 61.5 Å². The molecule has 2 aromatic heterocycles. The molecule has 2 aromatic carbocycles. The van der Waals surface area contributed by atoms with Crippen LogP contribution < -0.4 is 25.4 Å². The number of aromatic nitrogens is 3. The maximum Gasteiger partial charge on any atom is 0.229 e. The Labute approximate surface area is 209 Å². The molecular formula is C27H28N6O3. The molecule has 1 aliphatic heterocycles. The van der Waals surface area contributed by atoms with Gasteiger partial charge in [-0.2, -0.15) is 4.98 Å². The fourth-order valence-electron chi connectivity index (χ4n) is 4.53. The highest BCUT2D eigenvalue weighted by atomic mass is 16.5. The summed E-state index contributed by atoms with van der Waals surface area (Å²) < 4.78 is 10.8. The minimum Gasteiger partial charge on any atom is -0.493 e. The number of anilines is 3. The van der Waals surface area contributed by atoms with Gasteiger partial charge in [-0.15, -0.1) is 0 Å². The predicted octanol–water partition coefficient (Wildman–Crippen LogP) is 4.06. The Hall–Kier alpha value is -4.40. The molecule has 1 saturated heterocycles. The number of ether oxygens (including phenoxy) is 2. The lowest BCUT2D eigenvalue weighted by atomic mass is 10.1. The second-order valence-corrected chi connectivity index (χ2v) is 8.83. The molecule has 5 rings (SSSR count). The van der Waals surface area contributed by atoms with Crippen molar-refractivity contribution in [3.05, 3.63) is 60.2 Å². The summed E-state index contributed by atoms with van der Waals surface area (Å²) in [5.41, 5.74) is 10.8. The molecule has 3 N–H and O–H groups in total. The Kier molecular flexibility index (Phi) is 6.28. The highest BCUT2D eigenvalue weighted by Gasteiger charge is 2.31. The van der Waals surface area contributed by atoms with Gasteiger partial charge in [-0.25, -0.2) is 9.97 Å². The molecule has 1 fully saturated rings. The minimum absolute atomic E-state index is 0.00610. The first-order valence-corrected chi connectivity index (χ1v) is 11.7. The second-order valence-electron chi connectivity index (χ2n) is 8.83. The van der Waals surface area contributed by atoms with Gasteiger partial charge in [0.05, 0.1) is 31.3 Å². The lowest BCUT2D eigenvalue weighted by Crippen LogP contribution is -2.27. The number of methoxy groups -OCH3 is 2. The van der Waals surface area contributed by atoms with Crippen molar-refractivity contribution in [3.8, 4) is 22.8 Å². The van der Waals surface area contributed by atoms with Crippen LogP contribution in [0.1, 0.15) is 12.0 Å². The minimum atomic E-state index is -0.175. The number of hydrogen-bond donors (Lipinski definition) is 2. The van der Waals surface area contributed by atoms with E-state index in [0.717, 1.165) is 22.5 Å². The van der Waals surface area contributed by atoms with Gasteiger partial charge in [0.15, 0.2) is 17.3 Å². The van der Waals surface area contributed by atoms with Crippen LogP contribution in [0.4, 0.5) is 17.5 Å². The van der Waals surface area contributed by atoms with Crippen LogP contribution in [0.5, 0.6) is 11.5 Å². The van der Waals surface area contributed by atoms with Gasteiger partial charge in [-0.3, -0.25) is 4.79 Å². The summed E-state index contributed by atoms with van der Waals surface area (Å²) in [6, 6.07) is 17.2. The van der Waals surface area contributed by atoms with E-state index >= 15 is 0 Å². The summed E-state index contributed by atoms with van der Waals surface area (Å²) in [5.74, 6) is 1.88. The maximum atomic E-state index is 13.0. The summed E-state index contributed by atoms with van der Waals surface area (Å²) >= 11 is 0. The Morgan fingerprint density at radius 2 is 1.86 bits per heavy atom. The summed E-state index contributed by atoms with van der Waals surface area (Å²) in [6.07, 6.45) is 0.707. The average molecular weight is 485 g/mol. The smallest absolute Gasteiger partial charge is 0.229 e. The first-order chi connectivity index (χ1) is 17.4. The van der Waals surface area contributed by atoms with E-state index < -0.39 is 0 Å². The summed E-state index contributed by atoms with van der Waals surface area (Å²) in [5, 5.41) is 3.04. The van der Waals surface area contributed by atoms with Crippen molar-refractivity contribution in [2.24, 2.45) is 5.92 Å². The van der Waals surface area contributed by atoms with Gasteiger partial charge in [0.1, 0.15) is 5.52 Å². The SMILES string of the molecule is COc1ccc(-c2ccc3nc(N)nc(N4CCC(C(=O)Nc5cccc(C)c5)C4)c3n2)cc1OC. The first kappa shape index (κ1) is 23.3. The number of pyridine rings is 1. The molecule has 1 amide bonds. The fraction of sp³-hybridized carbons (Fsp3) is 0.259. The van der Waals surface area contributed by atoms with Crippen molar-refractivity contribution in [2.45, 2.75) is 13.3 Å². The van der Waals surface area contributed by atoms with Crippen molar-refractivity contribution in [1.29, 1.82) is 0 Å². The van der Waals surface area contributed by atoms with Crippen LogP contribution in [0.3, 0.4) is 0 Å². The zero-order valence-corrected chi connectivity index (χ0v) is 20.5. The summed E-state index contributed by atoms with van der Waals surface area (Å²) in [4.78, 5) is 28.8. The highest BCUT2D eigenvalue weighted by molar-refractivity contribution is 5.94. The third-order valence-corrected chi connectivity index (χ3v) is 6.36. The van der Waals surface area contributed by atoms with Gasteiger partial charge >= 0.3 is 0 Å². The van der Waals surface area contributed by atoms with E-state index in [0.29, 0.717) is 47.9 Å². The van der Waals surface area contributed by atoms with E-state index in [1.165, 1.54) is 0 Å². The topological polar surface area (TPSA) is 115 Å². The molecule has 0 bridgehead atoms. The van der Waals surface area contributed by atoms with Crippen molar-refractivity contribution >= 4 is 34.4 Å². The Morgan fingerprint density at radius 3 is 2.64 bits per heavy atom. The molecule has 0 saturated carbocycles. The van der Waals surface area contributed by atoms with Crippen LogP contribution in [-0.4, -0.2) is 48.2 Å². The normalized spacial score (nSPS) is 15.2. The molecule has 0 radical (unpaired) electrons. The number of rotatable bonds is 6. The number of hydrogen-bond acceptors (Lipinski definition) is 8. The fourth-order valence-corrected chi connectivity index (χ4v) is 4.53. The zero-order valence-electron chi connectivity index (χ0n) is 20.5. The van der Waals surface area contributed by atoms with E-state index in [2.05, 4.69) is 20.2 Å². The third-order valence-electron chi connectivity index (χ3n) is 6.36.